The Labute approximate surface area is 324 Å². The highest BCUT2D eigenvalue weighted by Crippen LogP contribution is 2.42. The maximum Gasteiger partial charge on any atom is 0.165 e. The summed E-state index contributed by atoms with van der Waals surface area (Å²) in [5, 5.41) is 3.53. The summed E-state index contributed by atoms with van der Waals surface area (Å²) in [6.45, 7) is 0. The molecule has 0 radical (unpaired) electrons. The van der Waals surface area contributed by atoms with E-state index < -0.39 is 0 Å². The normalized spacial score (nSPS) is 11.6. The molecule has 5 nitrogen and oxygen atoms in total. The minimum absolute atomic E-state index is 0.908. The first-order valence-electron chi connectivity index (χ1n) is 19.0. The molecule has 264 valence electrons. The van der Waals surface area contributed by atoms with Gasteiger partial charge in [0, 0.05) is 55.8 Å². The van der Waals surface area contributed by atoms with Gasteiger partial charge in [0.1, 0.15) is 11.3 Å². The van der Waals surface area contributed by atoms with Crippen LogP contribution >= 0.6 is 0 Å². The number of hydrogen-bond acceptors (Lipinski definition) is 2. The second-order valence-corrected chi connectivity index (χ2v) is 14.1. The van der Waals surface area contributed by atoms with Gasteiger partial charge in [-0.2, -0.15) is 0 Å². The Morgan fingerprint density at radius 1 is 0.339 bits per heavy atom. The lowest BCUT2D eigenvalue weighted by Crippen LogP contribution is -2.09. The van der Waals surface area contributed by atoms with Gasteiger partial charge >= 0.3 is 0 Å². The third kappa shape index (κ3) is 5.06. The Morgan fingerprint density at radius 2 is 0.804 bits per heavy atom. The van der Waals surface area contributed by atoms with Crippen molar-refractivity contribution in [3.8, 4) is 28.5 Å². The SMILES string of the molecule is c1ccc(-c2nc3c(c4cc5c(cc4n3-c3ccccc3)c3ccccc3n5-c3ccc(N(c4ccccc4)c4ccccc4)cc3)n2-c2ccccc2)cc1. The van der Waals surface area contributed by atoms with Crippen LogP contribution in [0, 0.1) is 0 Å². The second kappa shape index (κ2) is 13.0. The Morgan fingerprint density at radius 3 is 1.43 bits per heavy atom. The van der Waals surface area contributed by atoms with E-state index >= 15 is 0 Å². The van der Waals surface area contributed by atoms with Gasteiger partial charge in [0.05, 0.1) is 16.6 Å². The molecule has 0 amide bonds. The van der Waals surface area contributed by atoms with Crippen LogP contribution in [0.1, 0.15) is 0 Å². The second-order valence-electron chi connectivity index (χ2n) is 14.1. The van der Waals surface area contributed by atoms with Crippen molar-refractivity contribution in [1.29, 1.82) is 0 Å². The van der Waals surface area contributed by atoms with Gasteiger partial charge in [-0.3, -0.25) is 9.13 Å². The average molecular weight is 718 g/mol. The van der Waals surface area contributed by atoms with Crippen LogP contribution in [-0.2, 0) is 0 Å². The molecule has 5 heteroatoms. The molecular formula is C51H35N5. The highest BCUT2D eigenvalue weighted by Gasteiger charge is 2.25. The Hall–Kier alpha value is -7.63. The van der Waals surface area contributed by atoms with Gasteiger partial charge in [-0.15, -0.1) is 0 Å². The molecule has 3 aromatic heterocycles. The van der Waals surface area contributed by atoms with E-state index in [1.54, 1.807) is 0 Å². The summed E-state index contributed by atoms with van der Waals surface area (Å²) in [5.74, 6) is 0.908. The van der Waals surface area contributed by atoms with Crippen molar-refractivity contribution in [1.82, 2.24) is 18.7 Å². The smallest absolute Gasteiger partial charge is 0.165 e. The molecule has 3 heterocycles. The van der Waals surface area contributed by atoms with Gasteiger partial charge in [0.2, 0.25) is 0 Å². The van der Waals surface area contributed by atoms with Gasteiger partial charge in [0.25, 0.3) is 0 Å². The minimum Gasteiger partial charge on any atom is -0.311 e. The van der Waals surface area contributed by atoms with E-state index in [1.807, 2.05) is 0 Å². The molecule has 0 saturated heterocycles. The predicted octanol–water partition coefficient (Wildman–Crippen LogP) is 13.2. The molecule has 0 saturated carbocycles. The molecule has 8 aromatic carbocycles. The number of rotatable bonds is 7. The van der Waals surface area contributed by atoms with Crippen LogP contribution < -0.4 is 4.90 Å². The fraction of sp³-hybridized carbons (Fsp3) is 0. The first-order valence-corrected chi connectivity index (χ1v) is 19.0. The Balaban J connectivity index is 1.19. The molecule has 0 unspecified atom stereocenters. The van der Waals surface area contributed by atoms with Crippen molar-refractivity contribution in [3.05, 3.63) is 212 Å². The zero-order chi connectivity index (χ0) is 37.0. The Kier molecular flexibility index (Phi) is 7.42. The predicted molar refractivity (Wildman–Crippen MR) is 232 cm³/mol. The van der Waals surface area contributed by atoms with E-state index in [-0.39, 0.29) is 0 Å². The van der Waals surface area contributed by atoms with Gasteiger partial charge in [-0.05, 0) is 91.0 Å². The highest BCUT2D eigenvalue weighted by atomic mass is 15.2. The number of fused-ring (bicyclic) bond motifs is 6. The van der Waals surface area contributed by atoms with Crippen molar-refractivity contribution in [3.63, 3.8) is 0 Å². The van der Waals surface area contributed by atoms with Crippen molar-refractivity contribution in [2.45, 2.75) is 0 Å². The van der Waals surface area contributed by atoms with Crippen molar-refractivity contribution in [2.75, 3.05) is 4.90 Å². The van der Waals surface area contributed by atoms with E-state index in [0.717, 1.165) is 78.6 Å². The standard InChI is InChI=1S/C51H35N5/c1-6-18-36(19-7-1)50-52-51-49(56(50)40-26-14-5-15-27-40)45-35-47-44(34-48(45)55(51)39-24-12-4-13-25-39)43-28-16-17-29-46(43)54(47)42-32-30-41(31-33-42)53(37-20-8-2-9-21-37)38-22-10-3-11-23-38/h1-35H. The number of hydrogen-bond donors (Lipinski definition) is 0. The number of aromatic nitrogens is 4. The molecular weight excluding hydrogens is 683 g/mol. The van der Waals surface area contributed by atoms with Crippen LogP contribution in [0.2, 0.25) is 0 Å². The molecule has 56 heavy (non-hydrogen) atoms. The van der Waals surface area contributed by atoms with Crippen LogP contribution in [0.5, 0.6) is 0 Å². The number of nitrogens with zero attached hydrogens (tertiary/aromatic N) is 5. The minimum atomic E-state index is 0.908. The van der Waals surface area contributed by atoms with Crippen LogP contribution in [-0.4, -0.2) is 18.7 Å². The van der Waals surface area contributed by atoms with Crippen LogP contribution in [0.15, 0.2) is 212 Å². The van der Waals surface area contributed by atoms with Crippen LogP contribution in [0.4, 0.5) is 17.1 Å². The summed E-state index contributed by atoms with van der Waals surface area (Å²) in [6, 6.07) is 75.3. The molecule has 0 spiro atoms. The van der Waals surface area contributed by atoms with Gasteiger partial charge < -0.3 is 9.47 Å². The molecule has 0 N–H and O–H groups in total. The maximum absolute atomic E-state index is 5.48. The zero-order valence-electron chi connectivity index (χ0n) is 30.4. The molecule has 0 atom stereocenters. The van der Waals surface area contributed by atoms with E-state index in [4.69, 9.17) is 4.98 Å². The zero-order valence-corrected chi connectivity index (χ0v) is 30.4. The summed E-state index contributed by atoms with van der Waals surface area (Å²) >= 11 is 0. The first-order chi connectivity index (χ1) is 27.8. The van der Waals surface area contributed by atoms with Crippen molar-refractivity contribution >= 4 is 60.9 Å². The molecule has 0 bridgehead atoms. The lowest BCUT2D eigenvalue weighted by atomic mass is 10.1. The van der Waals surface area contributed by atoms with Gasteiger partial charge in [0.15, 0.2) is 5.65 Å². The average Bonchev–Trinajstić information content (AvgIpc) is 3.92. The lowest BCUT2D eigenvalue weighted by molar-refractivity contribution is 1.10. The van der Waals surface area contributed by atoms with E-state index in [2.05, 4.69) is 231 Å². The maximum atomic E-state index is 5.48. The fourth-order valence-electron chi connectivity index (χ4n) is 8.38. The quantitative estimate of drug-likeness (QED) is 0.164. The Bertz CT molecular complexity index is 3110. The molecule has 11 rings (SSSR count). The molecule has 0 aliphatic heterocycles. The molecule has 0 fully saturated rings. The fourth-order valence-corrected chi connectivity index (χ4v) is 8.38. The summed E-state index contributed by atoms with van der Waals surface area (Å²) in [7, 11) is 0. The van der Waals surface area contributed by atoms with E-state index in [0.29, 0.717) is 0 Å². The molecule has 11 aromatic rings. The first kappa shape index (κ1) is 31.9. The summed E-state index contributed by atoms with van der Waals surface area (Å²) in [6.07, 6.45) is 0. The van der Waals surface area contributed by atoms with Gasteiger partial charge in [-0.1, -0.05) is 121 Å². The summed E-state index contributed by atoms with van der Waals surface area (Å²) in [4.78, 5) is 7.78. The van der Waals surface area contributed by atoms with Crippen molar-refractivity contribution < 1.29 is 0 Å². The number of para-hydroxylation sites is 5. The number of imidazole rings is 1. The summed E-state index contributed by atoms with van der Waals surface area (Å²) in [5.41, 5.74) is 13.0. The monoisotopic (exact) mass is 717 g/mol. The molecule has 0 aliphatic carbocycles. The van der Waals surface area contributed by atoms with E-state index in [1.165, 1.54) is 10.8 Å². The highest BCUT2D eigenvalue weighted by molar-refractivity contribution is 6.18. The van der Waals surface area contributed by atoms with Crippen LogP contribution in [0.3, 0.4) is 0 Å². The third-order valence-corrected chi connectivity index (χ3v) is 10.8. The summed E-state index contributed by atoms with van der Waals surface area (Å²) < 4.78 is 7.08. The van der Waals surface area contributed by atoms with Crippen LogP contribution in [0.25, 0.3) is 72.3 Å². The van der Waals surface area contributed by atoms with Crippen molar-refractivity contribution in [2.24, 2.45) is 0 Å². The van der Waals surface area contributed by atoms with Gasteiger partial charge in [-0.25, -0.2) is 4.98 Å². The topological polar surface area (TPSA) is 30.9 Å². The number of benzene rings is 8. The lowest BCUT2D eigenvalue weighted by Gasteiger charge is -2.25. The largest absolute Gasteiger partial charge is 0.311 e. The number of anilines is 3. The van der Waals surface area contributed by atoms with E-state index in [9.17, 15) is 0 Å². The third-order valence-electron chi connectivity index (χ3n) is 10.8. The molecule has 0 aliphatic rings.